The molecule has 0 aromatic rings. The summed E-state index contributed by atoms with van der Waals surface area (Å²) in [5.41, 5.74) is 0. The van der Waals surface area contributed by atoms with Crippen molar-refractivity contribution in [3.8, 4) is 0 Å². The summed E-state index contributed by atoms with van der Waals surface area (Å²) in [4.78, 5) is 0. The smallest absolute Gasteiger partial charge is 0.224 e. The van der Waals surface area contributed by atoms with Gasteiger partial charge in [-0.1, -0.05) is 42.5 Å². The molecule has 2 aliphatic rings. The van der Waals surface area contributed by atoms with E-state index in [1.807, 2.05) is 0 Å². The fourth-order valence-corrected chi connectivity index (χ4v) is 4.95. The minimum absolute atomic E-state index is 0.112. The molecule has 0 spiro atoms. The molecule has 0 aromatic carbocycles. The lowest BCUT2D eigenvalue weighted by molar-refractivity contribution is -0.393. The molecule has 0 unspecified atom stereocenters. The van der Waals surface area contributed by atoms with E-state index >= 15 is 0 Å². The van der Waals surface area contributed by atoms with Gasteiger partial charge in [0.05, 0.1) is 59.5 Å². The fourth-order valence-electron chi connectivity index (χ4n) is 4.95. The first kappa shape index (κ1) is 37.9. The summed E-state index contributed by atoms with van der Waals surface area (Å²) in [6, 6.07) is 0. The van der Waals surface area contributed by atoms with Crippen LogP contribution in [0.5, 0.6) is 0 Å². The van der Waals surface area contributed by atoms with E-state index in [0.717, 1.165) is 0 Å². The summed E-state index contributed by atoms with van der Waals surface area (Å²) >= 11 is 0. The van der Waals surface area contributed by atoms with Gasteiger partial charge in [-0.05, 0) is 0 Å². The van der Waals surface area contributed by atoms with Gasteiger partial charge in [0.1, 0.15) is 49.3 Å². The number of aliphatic hydroxyl groups excluding tert-OH is 1. The standard InChI is InChI=1S/C33H50O11/c1-8-15-35-23-26-28(38-18-11-4)31(41-21-14-7)33(43-26,24-36-16-9-2)44-32-30(40-20-13-6)29(39-19-12-5)27(37-17-10-3)25(22-34)42-32/h8-14,25-32,34H,1-7,15-24H2/t25-,26-,27-,28-,29+,30-,31+,32-,33+/m1/s1. The molecule has 2 aliphatic heterocycles. The highest BCUT2D eigenvalue weighted by Crippen LogP contribution is 2.41. The molecule has 2 saturated heterocycles. The van der Waals surface area contributed by atoms with Gasteiger partial charge in [-0.2, -0.15) is 0 Å². The molecule has 9 atom stereocenters. The van der Waals surface area contributed by atoms with Gasteiger partial charge in [-0.3, -0.25) is 0 Å². The Kier molecular flexibility index (Phi) is 18.5. The van der Waals surface area contributed by atoms with E-state index in [0.29, 0.717) is 6.61 Å². The molecule has 2 rings (SSSR count). The topological polar surface area (TPSA) is 113 Å². The van der Waals surface area contributed by atoms with Gasteiger partial charge in [0.25, 0.3) is 0 Å². The lowest BCUT2D eigenvalue weighted by Crippen LogP contribution is -2.65. The molecule has 11 nitrogen and oxygen atoms in total. The Labute approximate surface area is 262 Å². The second-order valence-electron chi connectivity index (χ2n) is 9.83. The first-order valence-electron chi connectivity index (χ1n) is 14.6. The molecule has 0 aliphatic carbocycles. The van der Waals surface area contributed by atoms with Crippen LogP contribution in [-0.2, 0) is 47.4 Å². The molecule has 44 heavy (non-hydrogen) atoms. The van der Waals surface area contributed by atoms with E-state index in [9.17, 15) is 5.11 Å². The molecule has 248 valence electrons. The first-order valence-corrected chi connectivity index (χ1v) is 14.6. The summed E-state index contributed by atoms with van der Waals surface area (Å²) in [7, 11) is 0. The highest BCUT2D eigenvalue weighted by molar-refractivity contribution is 5.03. The molecule has 0 amide bonds. The molecule has 2 heterocycles. The van der Waals surface area contributed by atoms with E-state index in [4.69, 9.17) is 47.4 Å². The Morgan fingerprint density at radius 3 is 1.64 bits per heavy atom. The molecule has 2 fully saturated rings. The van der Waals surface area contributed by atoms with Crippen LogP contribution in [0.4, 0.5) is 0 Å². The Morgan fingerprint density at radius 1 is 0.568 bits per heavy atom. The van der Waals surface area contributed by atoms with Crippen LogP contribution in [0.2, 0.25) is 0 Å². The lowest BCUT2D eigenvalue weighted by atomic mass is 9.97. The first-order chi connectivity index (χ1) is 21.5. The molecular formula is C33H50O11. The van der Waals surface area contributed by atoms with Crippen molar-refractivity contribution in [2.75, 3.05) is 66.1 Å². The Hall–Kier alpha value is -2.26. The Balaban J connectivity index is 2.61. The maximum absolute atomic E-state index is 10.4. The summed E-state index contributed by atoms with van der Waals surface area (Å²) in [5.74, 6) is -1.61. The van der Waals surface area contributed by atoms with E-state index in [1.165, 1.54) is 0 Å². The summed E-state index contributed by atoms with van der Waals surface area (Å²) in [5, 5.41) is 10.4. The summed E-state index contributed by atoms with van der Waals surface area (Å²) in [6.07, 6.45) is 4.68. The van der Waals surface area contributed by atoms with Gasteiger partial charge >= 0.3 is 0 Å². The van der Waals surface area contributed by atoms with Crippen LogP contribution >= 0.6 is 0 Å². The predicted octanol–water partition coefficient (Wildman–Crippen LogP) is 3.08. The zero-order chi connectivity index (χ0) is 32.2. The maximum atomic E-state index is 10.4. The van der Waals surface area contributed by atoms with Crippen LogP contribution in [0, 0.1) is 0 Å². The lowest BCUT2D eigenvalue weighted by Gasteiger charge is -2.47. The molecule has 0 saturated carbocycles. The van der Waals surface area contributed by atoms with Crippen LogP contribution in [0.1, 0.15) is 0 Å². The minimum atomic E-state index is -1.61. The highest BCUT2D eigenvalue weighted by Gasteiger charge is 2.61. The van der Waals surface area contributed by atoms with Crippen LogP contribution in [-0.4, -0.2) is 126 Å². The average molecular weight is 623 g/mol. The highest BCUT2D eigenvalue weighted by atomic mass is 16.8. The normalized spacial score (nSPS) is 31.7. The van der Waals surface area contributed by atoms with Gasteiger partial charge in [0.2, 0.25) is 5.79 Å². The Bertz CT molecular complexity index is 895. The maximum Gasteiger partial charge on any atom is 0.224 e. The third-order valence-electron chi connectivity index (χ3n) is 6.61. The van der Waals surface area contributed by atoms with Crippen LogP contribution in [0.25, 0.3) is 0 Å². The largest absolute Gasteiger partial charge is 0.394 e. The van der Waals surface area contributed by atoms with Gasteiger partial charge in [0.15, 0.2) is 6.29 Å². The number of rotatable bonds is 26. The van der Waals surface area contributed by atoms with Crippen molar-refractivity contribution in [3.05, 3.63) is 88.6 Å². The number of aliphatic hydroxyl groups is 1. The van der Waals surface area contributed by atoms with Crippen LogP contribution in [0.15, 0.2) is 88.6 Å². The van der Waals surface area contributed by atoms with Gasteiger partial charge in [-0.25, -0.2) is 0 Å². The molecule has 0 radical (unpaired) electrons. The van der Waals surface area contributed by atoms with Gasteiger partial charge in [-0.15, -0.1) is 46.1 Å². The van der Waals surface area contributed by atoms with Crippen LogP contribution < -0.4 is 0 Å². The summed E-state index contributed by atoms with van der Waals surface area (Å²) in [6.45, 7) is 27.3. The van der Waals surface area contributed by atoms with Crippen molar-refractivity contribution >= 4 is 0 Å². The zero-order valence-corrected chi connectivity index (χ0v) is 25.7. The molecule has 11 heteroatoms. The summed E-state index contributed by atoms with van der Waals surface area (Å²) < 4.78 is 62.2. The van der Waals surface area contributed by atoms with Gasteiger partial charge in [0, 0.05) is 0 Å². The quantitative estimate of drug-likeness (QED) is 0.113. The van der Waals surface area contributed by atoms with E-state index in [1.54, 1.807) is 42.5 Å². The van der Waals surface area contributed by atoms with Crippen molar-refractivity contribution in [1.82, 2.24) is 0 Å². The Morgan fingerprint density at radius 2 is 1.07 bits per heavy atom. The van der Waals surface area contributed by atoms with Crippen molar-refractivity contribution < 1.29 is 52.5 Å². The molecular weight excluding hydrogens is 572 g/mol. The monoisotopic (exact) mass is 622 g/mol. The van der Waals surface area contributed by atoms with Crippen molar-refractivity contribution in [2.24, 2.45) is 0 Å². The molecule has 0 aromatic heterocycles. The van der Waals surface area contributed by atoms with Gasteiger partial charge < -0.3 is 52.5 Å². The third kappa shape index (κ3) is 10.7. The van der Waals surface area contributed by atoms with Crippen molar-refractivity contribution in [2.45, 2.75) is 54.8 Å². The predicted molar refractivity (Wildman–Crippen MR) is 166 cm³/mol. The van der Waals surface area contributed by atoms with Crippen molar-refractivity contribution in [1.29, 1.82) is 0 Å². The average Bonchev–Trinajstić information content (AvgIpc) is 3.31. The van der Waals surface area contributed by atoms with Crippen LogP contribution in [0.3, 0.4) is 0 Å². The SMILES string of the molecule is C=CCOC[C@H]1O[C@@](COCC=C)(O[C@H]2O[C@H](CO)[C@@H](OCC=C)[C@H](OCC=C)[C@H]2OCC=C)[C@@H](OCC=C)[C@@H]1OCC=C. The molecule has 0 bridgehead atoms. The fraction of sp³-hybridized carbons (Fsp3) is 0.576. The van der Waals surface area contributed by atoms with E-state index in [2.05, 4.69) is 46.1 Å². The van der Waals surface area contributed by atoms with E-state index in [-0.39, 0.29) is 52.9 Å². The third-order valence-corrected chi connectivity index (χ3v) is 6.61. The van der Waals surface area contributed by atoms with Crippen molar-refractivity contribution in [3.63, 3.8) is 0 Å². The number of hydrogen-bond acceptors (Lipinski definition) is 11. The number of ether oxygens (including phenoxy) is 10. The second-order valence-corrected chi connectivity index (χ2v) is 9.83. The second kappa shape index (κ2) is 21.5. The number of hydrogen-bond donors (Lipinski definition) is 1. The minimum Gasteiger partial charge on any atom is -0.394 e. The zero-order valence-electron chi connectivity index (χ0n) is 25.7. The molecule has 1 N–H and O–H groups in total. The van der Waals surface area contributed by atoms with E-state index < -0.39 is 61.4 Å².